The van der Waals surface area contributed by atoms with Gasteiger partial charge in [0.25, 0.3) is 5.91 Å². The molecule has 0 unspecified atom stereocenters. The van der Waals surface area contributed by atoms with Crippen LogP contribution in [0.25, 0.3) is 28.1 Å². The Balaban J connectivity index is 1.56. The quantitative estimate of drug-likeness (QED) is 0.439. The molecule has 4 aromatic heterocycles. The van der Waals surface area contributed by atoms with E-state index in [4.69, 9.17) is 4.42 Å². The minimum absolute atomic E-state index is 0.200. The number of nitrogens with zero attached hydrogens (tertiary/aromatic N) is 2. The summed E-state index contributed by atoms with van der Waals surface area (Å²) >= 11 is 1.61. The number of rotatable bonds is 5. The van der Waals surface area contributed by atoms with E-state index in [9.17, 15) is 4.79 Å². The van der Waals surface area contributed by atoms with Crippen molar-refractivity contribution in [3.05, 3.63) is 95.0 Å². The number of carbonyl (C=O) groups is 1. The van der Waals surface area contributed by atoms with E-state index in [1.165, 1.54) is 0 Å². The van der Waals surface area contributed by atoms with Crippen LogP contribution in [0, 0.1) is 0 Å². The lowest BCUT2D eigenvalue weighted by molar-refractivity contribution is 0.0946. The third-order valence-electron chi connectivity index (χ3n) is 4.68. The standard InChI is InChI=1S/C23H17N3O2S/c27-23(24-15-19-8-5-11-29-19)20-14-18-12-17(16-6-2-1-3-7-16)13-21(26(18)25-20)22-9-4-10-28-22/h1-14H,15H2,(H,24,27). The van der Waals surface area contributed by atoms with Crippen molar-refractivity contribution < 1.29 is 9.21 Å². The highest BCUT2D eigenvalue weighted by Gasteiger charge is 2.16. The summed E-state index contributed by atoms with van der Waals surface area (Å²) < 4.78 is 7.38. The van der Waals surface area contributed by atoms with E-state index < -0.39 is 0 Å². The first kappa shape index (κ1) is 17.5. The second-order valence-corrected chi connectivity index (χ2v) is 7.63. The monoisotopic (exact) mass is 399 g/mol. The number of nitrogens with one attached hydrogen (secondary N) is 1. The van der Waals surface area contributed by atoms with Gasteiger partial charge in [-0.25, -0.2) is 4.52 Å². The van der Waals surface area contributed by atoms with Crippen molar-refractivity contribution in [1.29, 1.82) is 0 Å². The molecule has 5 aromatic rings. The summed E-state index contributed by atoms with van der Waals surface area (Å²) in [5.74, 6) is 0.496. The Labute approximate surface area is 171 Å². The Morgan fingerprint density at radius 2 is 1.90 bits per heavy atom. The van der Waals surface area contributed by atoms with Crippen LogP contribution in [0.2, 0.25) is 0 Å². The van der Waals surface area contributed by atoms with E-state index in [1.807, 2.05) is 66.0 Å². The lowest BCUT2D eigenvalue weighted by Crippen LogP contribution is -2.22. The van der Waals surface area contributed by atoms with Gasteiger partial charge in [0, 0.05) is 4.88 Å². The van der Waals surface area contributed by atoms with Crippen LogP contribution < -0.4 is 5.32 Å². The molecule has 0 atom stereocenters. The van der Waals surface area contributed by atoms with Crippen LogP contribution in [-0.4, -0.2) is 15.5 Å². The molecule has 5 rings (SSSR count). The summed E-state index contributed by atoms with van der Waals surface area (Å²) in [6.45, 7) is 0.491. The molecule has 0 fully saturated rings. The molecule has 29 heavy (non-hydrogen) atoms. The van der Waals surface area contributed by atoms with E-state index in [-0.39, 0.29) is 5.91 Å². The van der Waals surface area contributed by atoms with E-state index in [1.54, 1.807) is 22.1 Å². The highest BCUT2D eigenvalue weighted by molar-refractivity contribution is 7.09. The Morgan fingerprint density at radius 3 is 2.66 bits per heavy atom. The van der Waals surface area contributed by atoms with Crippen molar-refractivity contribution in [3.8, 4) is 22.6 Å². The number of amides is 1. The Bertz CT molecular complexity index is 1260. The normalized spacial score (nSPS) is 11.0. The molecule has 0 radical (unpaired) electrons. The summed E-state index contributed by atoms with van der Waals surface area (Å²) in [4.78, 5) is 13.8. The number of benzene rings is 1. The zero-order valence-corrected chi connectivity index (χ0v) is 16.2. The fourth-order valence-electron chi connectivity index (χ4n) is 3.28. The summed E-state index contributed by atoms with van der Waals surface area (Å²) in [7, 11) is 0. The van der Waals surface area contributed by atoms with Crippen molar-refractivity contribution in [2.45, 2.75) is 6.54 Å². The predicted octanol–water partition coefficient (Wildman–Crippen LogP) is 5.25. The summed E-state index contributed by atoms with van der Waals surface area (Å²) in [5, 5.41) is 9.48. The molecular formula is C23H17N3O2S. The maximum atomic E-state index is 12.7. The third kappa shape index (κ3) is 3.46. The van der Waals surface area contributed by atoms with Gasteiger partial charge in [-0.3, -0.25) is 4.79 Å². The molecule has 4 heterocycles. The predicted molar refractivity (Wildman–Crippen MR) is 114 cm³/mol. The van der Waals surface area contributed by atoms with Gasteiger partial charge >= 0.3 is 0 Å². The zero-order chi connectivity index (χ0) is 19.6. The lowest BCUT2D eigenvalue weighted by Gasteiger charge is -2.07. The maximum absolute atomic E-state index is 12.7. The maximum Gasteiger partial charge on any atom is 0.272 e. The summed E-state index contributed by atoms with van der Waals surface area (Å²) in [5.41, 5.74) is 4.13. The molecule has 0 bridgehead atoms. The average Bonchev–Trinajstić information content (AvgIpc) is 3.53. The molecule has 1 aromatic carbocycles. The van der Waals surface area contributed by atoms with E-state index in [0.717, 1.165) is 27.2 Å². The summed E-state index contributed by atoms with van der Waals surface area (Å²) in [6.07, 6.45) is 1.63. The van der Waals surface area contributed by atoms with Gasteiger partial charge in [-0.05, 0) is 52.9 Å². The molecule has 1 N–H and O–H groups in total. The first-order chi connectivity index (χ1) is 14.3. The molecule has 1 amide bonds. The minimum atomic E-state index is -0.200. The second kappa shape index (κ2) is 7.41. The van der Waals surface area contributed by atoms with Crippen LogP contribution in [0.4, 0.5) is 0 Å². The van der Waals surface area contributed by atoms with Crippen molar-refractivity contribution in [2.75, 3.05) is 0 Å². The van der Waals surface area contributed by atoms with Crippen molar-refractivity contribution in [1.82, 2.24) is 14.9 Å². The molecule has 0 saturated carbocycles. The van der Waals surface area contributed by atoms with Crippen LogP contribution in [0.1, 0.15) is 15.4 Å². The Morgan fingerprint density at radius 1 is 1.00 bits per heavy atom. The molecule has 0 aliphatic carbocycles. The molecule has 0 spiro atoms. The van der Waals surface area contributed by atoms with Crippen molar-refractivity contribution in [2.24, 2.45) is 0 Å². The van der Waals surface area contributed by atoms with E-state index in [0.29, 0.717) is 18.0 Å². The number of hydrogen-bond donors (Lipinski definition) is 1. The topological polar surface area (TPSA) is 59.5 Å². The SMILES string of the molecule is O=C(NCc1cccs1)c1cc2cc(-c3ccccc3)cc(-c3ccco3)n2n1. The number of furan rings is 1. The molecule has 5 nitrogen and oxygen atoms in total. The molecule has 142 valence electrons. The largest absolute Gasteiger partial charge is 0.463 e. The Kier molecular flexibility index (Phi) is 4.46. The number of thiophene rings is 1. The molecule has 6 heteroatoms. The van der Waals surface area contributed by atoms with Gasteiger partial charge in [-0.15, -0.1) is 11.3 Å². The van der Waals surface area contributed by atoms with Gasteiger partial charge in [0.1, 0.15) is 5.69 Å². The highest BCUT2D eigenvalue weighted by Crippen LogP contribution is 2.29. The zero-order valence-electron chi connectivity index (χ0n) is 15.4. The Hall–Kier alpha value is -3.64. The second-order valence-electron chi connectivity index (χ2n) is 6.60. The van der Waals surface area contributed by atoms with Crippen molar-refractivity contribution in [3.63, 3.8) is 0 Å². The van der Waals surface area contributed by atoms with E-state index >= 15 is 0 Å². The first-order valence-electron chi connectivity index (χ1n) is 9.22. The molecular weight excluding hydrogens is 382 g/mol. The van der Waals surface area contributed by atoms with Crippen LogP contribution in [0.15, 0.2) is 88.9 Å². The number of fused-ring (bicyclic) bond motifs is 1. The lowest BCUT2D eigenvalue weighted by atomic mass is 10.0. The van der Waals surface area contributed by atoms with Crippen LogP contribution >= 0.6 is 11.3 Å². The molecule has 0 aliphatic heterocycles. The third-order valence-corrected chi connectivity index (χ3v) is 5.55. The van der Waals surface area contributed by atoms with Gasteiger partial charge in [-0.1, -0.05) is 36.4 Å². The fraction of sp³-hybridized carbons (Fsp3) is 0.0435. The smallest absolute Gasteiger partial charge is 0.272 e. The van der Waals surface area contributed by atoms with E-state index in [2.05, 4.69) is 22.5 Å². The van der Waals surface area contributed by atoms with Crippen molar-refractivity contribution >= 4 is 22.8 Å². The van der Waals surface area contributed by atoms with Gasteiger partial charge in [-0.2, -0.15) is 5.10 Å². The van der Waals surface area contributed by atoms with Gasteiger partial charge in [0.2, 0.25) is 0 Å². The van der Waals surface area contributed by atoms with Gasteiger partial charge in [0.15, 0.2) is 11.5 Å². The highest BCUT2D eigenvalue weighted by atomic mass is 32.1. The first-order valence-corrected chi connectivity index (χ1v) is 10.1. The van der Waals surface area contributed by atoms with Gasteiger partial charge in [0.05, 0.1) is 18.3 Å². The van der Waals surface area contributed by atoms with Crippen LogP contribution in [-0.2, 0) is 6.54 Å². The number of aromatic nitrogens is 2. The number of pyridine rings is 1. The number of hydrogen-bond acceptors (Lipinski definition) is 4. The van der Waals surface area contributed by atoms with Gasteiger partial charge < -0.3 is 9.73 Å². The van der Waals surface area contributed by atoms with Crippen LogP contribution in [0.5, 0.6) is 0 Å². The minimum Gasteiger partial charge on any atom is -0.463 e. The molecule has 0 saturated heterocycles. The summed E-state index contributed by atoms with van der Waals surface area (Å²) in [6, 6.07) is 23.7. The molecule has 0 aliphatic rings. The van der Waals surface area contributed by atoms with Crippen LogP contribution in [0.3, 0.4) is 0 Å². The average molecular weight is 399 g/mol. The number of carbonyl (C=O) groups excluding carboxylic acids is 1. The fourth-order valence-corrected chi connectivity index (χ4v) is 3.92.